The van der Waals surface area contributed by atoms with Crippen molar-refractivity contribution in [3.05, 3.63) is 127 Å². The highest BCUT2D eigenvalue weighted by Crippen LogP contribution is 2.51. The molecule has 5 heteroatoms. The smallest absolute Gasteiger partial charge is 0.210 e. The van der Waals surface area contributed by atoms with E-state index in [0.29, 0.717) is 0 Å². The average Bonchev–Trinajstić information content (AvgIpc) is 3.63. The molecular weight excluding hydrogens is 764 g/mol. The monoisotopic (exact) mass is 809 g/mol. The van der Waals surface area contributed by atoms with Crippen LogP contribution in [0.1, 0.15) is 91.2 Å². The minimum atomic E-state index is -0.132. The lowest BCUT2D eigenvalue weighted by Gasteiger charge is -2.27. The minimum absolute atomic E-state index is 0.132. The van der Waals surface area contributed by atoms with Crippen molar-refractivity contribution < 1.29 is 4.58 Å². The molecule has 0 fully saturated rings. The molecule has 0 spiro atoms. The Morgan fingerprint density at radius 2 is 1.42 bits per heavy atom. The minimum Gasteiger partial charge on any atom is -0.344 e. The predicted molar refractivity (Wildman–Crippen MR) is 224 cm³/mol. The largest absolute Gasteiger partial charge is 0.344 e. The molecule has 4 aromatic rings. The summed E-state index contributed by atoms with van der Waals surface area (Å²) >= 11 is 14.6. The quantitative estimate of drug-likeness (QED) is 0.153. The fourth-order valence-electron chi connectivity index (χ4n) is 8.61. The van der Waals surface area contributed by atoms with Gasteiger partial charge < -0.3 is 4.90 Å². The van der Waals surface area contributed by atoms with Crippen molar-refractivity contribution in [2.24, 2.45) is 0 Å². The molecule has 50 heavy (non-hydrogen) atoms. The molecule has 0 atom stereocenters. The standard InChI is InChI=1S/C45H48Br2ClN2/c1-7-9-25-49-37-21-13-31-27-33(46)17-19-35(31)41(37)44(3,4)39(49)23-15-29-11-12-30(43(29)48)16-24-40-45(5,6)42-36-20-18-34(47)28-32(36)14-22-38(42)50(40)26-10-8-2/h13-24,27-28H,7-12,25-26H2,1-6H3/q+1. The van der Waals surface area contributed by atoms with Gasteiger partial charge in [0.25, 0.3) is 0 Å². The molecule has 3 aliphatic rings. The number of hydrogen-bond donors (Lipinski definition) is 0. The number of unbranched alkanes of at least 4 members (excludes halogenated alkanes) is 2. The molecule has 0 aromatic heterocycles. The molecule has 258 valence electrons. The van der Waals surface area contributed by atoms with Gasteiger partial charge in [-0.25, -0.2) is 0 Å². The molecule has 7 rings (SSSR count). The number of hydrogen-bond acceptors (Lipinski definition) is 1. The molecule has 0 N–H and O–H groups in total. The summed E-state index contributed by atoms with van der Waals surface area (Å²) in [5.41, 5.74) is 10.4. The van der Waals surface area contributed by atoms with Crippen LogP contribution in [0.5, 0.6) is 0 Å². The maximum absolute atomic E-state index is 7.25. The topological polar surface area (TPSA) is 6.25 Å². The van der Waals surface area contributed by atoms with Gasteiger partial charge in [-0.1, -0.05) is 114 Å². The summed E-state index contributed by atoms with van der Waals surface area (Å²) in [6.07, 6.45) is 15.9. The van der Waals surface area contributed by atoms with Gasteiger partial charge in [0.15, 0.2) is 5.71 Å². The second-order valence-electron chi connectivity index (χ2n) is 15.2. The average molecular weight is 812 g/mol. The van der Waals surface area contributed by atoms with Gasteiger partial charge in [-0.3, -0.25) is 0 Å². The Kier molecular flexibility index (Phi) is 9.86. The van der Waals surface area contributed by atoms with Crippen molar-refractivity contribution in [3.8, 4) is 0 Å². The Hall–Kier alpha value is -2.92. The Morgan fingerprint density at radius 3 is 2.10 bits per heavy atom. The maximum atomic E-state index is 7.25. The molecule has 4 aromatic carbocycles. The normalized spacial score (nSPS) is 19.7. The van der Waals surface area contributed by atoms with Gasteiger partial charge in [-0.2, -0.15) is 4.58 Å². The van der Waals surface area contributed by atoms with E-state index in [2.05, 4.69) is 168 Å². The molecule has 2 heterocycles. The number of benzene rings is 4. The molecule has 2 aliphatic heterocycles. The van der Waals surface area contributed by atoms with Crippen molar-refractivity contribution >= 4 is 82.1 Å². The van der Waals surface area contributed by atoms with Crippen LogP contribution in [0.3, 0.4) is 0 Å². The zero-order valence-corrected chi connectivity index (χ0v) is 34.2. The third kappa shape index (κ3) is 6.07. The third-order valence-electron chi connectivity index (χ3n) is 11.2. The predicted octanol–water partition coefficient (Wildman–Crippen LogP) is 13.9. The van der Waals surface area contributed by atoms with E-state index in [-0.39, 0.29) is 10.8 Å². The van der Waals surface area contributed by atoms with Crippen LogP contribution in [0, 0.1) is 0 Å². The van der Waals surface area contributed by atoms with Crippen molar-refractivity contribution in [1.29, 1.82) is 0 Å². The van der Waals surface area contributed by atoms with Gasteiger partial charge in [0.2, 0.25) is 5.69 Å². The van der Waals surface area contributed by atoms with Gasteiger partial charge in [0, 0.05) is 61.4 Å². The fourth-order valence-corrected chi connectivity index (χ4v) is 9.68. The molecule has 0 saturated carbocycles. The molecule has 0 saturated heterocycles. The van der Waals surface area contributed by atoms with Gasteiger partial charge in [-0.15, -0.1) is 0 Å². The van der Waals surface area contributed by atoms with E-state index < -0.39 is 0 Å². The molecular formula is C45H48Br2ClN2+. The number of anilines is 1. The second kappa shape index (κ2) is 13.9. The van der Waals surface area contributed by atoms with Gasteiger partial charge in [0.1, 0.15) is 6.54 Å². The first-order valence-corrected chi connectivity index (χ1v) is 20.3. The van der Waals surface area contributed by atoms with Crippen molar-refractivity contribution in [3.63, 3.8) is 0 Å². The summed E-state index contributed by atoms with van der Waals surface area (Å²) in [6, 6.07) is 22.6. The first-order chi connectivity index (χ1) is 24.0. The molecule has 0 amide bonds. The summed E-state index contributed by atoms with van der Waals surface area (Å²) in [5, 5.41) is 6.14. The Balaban J connectivity index is 1.24. The molecule has 0 bridgehead atoms. The third-order valence-corrected chi connectivity index (χ3v) is 12.7. The van der Waals surface area contributed by atoms with E-state index in [9.17, 15) is 0 Å². The van der Waals surface area contributed by atoms with Crippen LogP contribution >= 0.6 is 43.5 Å². The number of rotatable bonds is 9. The summed E-state index contributed by atoms with van der Waals surface area (Å²) < 4.78 is 4.80. The molecule has 2 nitrogen and oxygen atoms in total. The van der Waals surface area contributed by atoms with Crippen LogP contribution in [0.15, 0.2) is 116 Å². The van der Waals surface area contributed by atoms with Gasteiger partial charge in [0.05, 0.1) is 5.41 Å². The number of halogens is 3. The lowest BCUT2D eigenvalue weighted by Crippen LogP contribution is -2.28. The highest BCUT2D eigenvalue weighted by molar-refractivity contribution is 9.10. The Morgan fingerprint density at radius 1 is 0.760 bits per heavy atom. The zero-order valence-electron chi connectivity index (χ0n) is 30.3. The summed E-state index contributed by atoms with van der Waals surface area (Å²) in [7, 11) is 0. The summed E-state index contributed by atoms with van der Waals surface area (Å²) in [6.45, 7) is 16.1. The summed E-state index contributed by atoms with van der Waals surface area (Å²) in [5.74, 6) is 0. The number of nitrogens with zero attached hydrogens (tertiary/aromatic N) is 2. The fraction of sp³-hybridized carbons (Fsp3) is 0.356. The SMILES string of the molecule is CCCCN1/C(=C/C=C2\CCC(/C=C/C3=[N+](CCCC)c4ccc5cc(Br)ccc5c4C3(C)C)=C2Cl)C(C)(C)c2c1ccc1cc(Br)ccc21. The number of fused-ring (bicyclic) bond motifs is 6. The lowest BCUT2D eigenvalue weighted by atomic mass is 9.79. The first-order valence-electron chi connectivity index (χ1n) is 18.3. The van der Waals surface area contributed by atoms with Crippen LogP contribution in [-0.2, 0) is 10.8 Å². The number of allylic oxidation sites excluding steroid dienone is 8. The van der Waals surface area contributed by atoms with Gasteiger partial charge >= 0.3 is 0 Å². The first kappa shape index (κ1) is 35.5. The van der Waals surface area contributed by atoms with Gasteiger partial charge in [-0.05, 0) is 114 Å². The van der Waals surface area contributed by atoms with E-state index in [4.69, 9.17) is 11.6 Å². The van der Waals surface area contributed by atoms with E-state index in [0.717, 1.165) is 65.6 Å². The summed E-state index contributed by atoms with van der Waals surface area (Å²) in [4.78, 5) is 2.56. The Bertz CT molecular complexity index is 2180. The lowest BCUT2D eigenvalue weighted by molar-refractivity contribution is -0.438. The highest BCUT2D eigenvalue weighted by atomic mass is 79.9. The zero-order chi connectivity index (χ0) is 35.4. The highest BCUT2D eigenvalue weighted by Gasteiger charge is 2.45. The van der Waals surface area contributed by atoms with Crippen molar-refractivity contribution in [2.75, 3.05) is 18.0 Å². The van der Waals surface area contributed by atoms with E-state index in [1.54, 1.807) is 0 Å². The van der Waals surface area contributed by atoms with Crippen LogP contribution < -0.4 is 4.90 Å². The molecule has 1 aliphatic carbocycles. The van der Waals surface area contributed by atoms with E-state index >= 15 is 0 Å². The van der Waals surface area contributed by atoms with Crippen molar-refractivity contribution in [2.45, 2.75) is 90.9 Å². The van der Waals surface area contributed by atoms with E-state index in [1.165, 1.54) is 66.6 Å². The van der Waals surface area contributed by atoms with E-state index in [1.807, 2.05) is 0 Å². The molecule has 0 radical (unpaired) electrons. The van der Waals surface area contributed by atoms with Crippen LogP contribution in [0.2, 0.25) is 0 Å². The molecule has 0 unspecified atom stereocenters. The maximum Gasteiger partial charge on any atom is 0.210 e. The van der Waals surface area contributed by atoms with Crippen LogP contribution in [0.4, 0.5) is 11.4 Å². The Labute approximate surface area is 320 Å². The van der Waals surface area contributed by atoms with Crippen LogP contribution in [-0.4, -0.2) is 23.4 Å². The van der Waals surface area contributed by atoms with Crippen molar-refractivity contribution in [1.82, 2.24) is 0 Å². The second-order valence-corrected chi connectivity index (χ2v) is 17.4. The van der Waals surface area contributed by atoms with Crippen LogP contribution in [0.25, 0.3) is 21.5 Å².